The molecule has 0 saturated carbocycles. The third-order valence-corrected chi connectivity index (χ3v) is 2.89. The zero-order valence-corrected chi connectivity index (χ0v) is 10.3. The highest BCUT2D eigenvalue weighted by molar-refractivity contribution is 9.10. The molecular weight excluding hydrogens is 289 g/mol. The van der Waals surface area contributed by atoms with Gasteiger partial charge in [-0.3, -0.25) is 9.36 Å². The maximum Gasteiger partial charge on any atom is 0.267 e. The van der Waals surface area contributed by atoms with E-state index in [0.717, 1.165) is 0 Å². The van der Waals surface area contributed by atoms with E-state index < -0.39 is 5.82 Å². The summed E-state index contributed by atoms with van der Waals surface area (Å²) in [5.41, 5.74) is 6.00. The predicted molar refractivity (Wildman–Crippen MR) is 66.1 cm³/mol. The lowest BCUT2D eigenvalue weighted by Gasteiger charge is -2.09. The van der Waals surface area contributed by atoms with Gasteiger partial charge < -0.3 is 5.73 Å². The van der Waals surface area contributed by atoms with Gasteiger partial charge in [-0.2, -0.15) is 0 Å². The summed E-state index contributed by atoms with van der Waals surface area (Å²) >= 11 is 3.08. The zero-order chi connectivity index (χ0) is 12.4. The Morgan fingerprint density at radius 2 is 2.24 bits per heavy atom. The lowest BCUT2D eigenvalue weighted by Crippen LogP contribution is -2.22. The van der Waals surface area contributed by atoms with Gasteiger partial charge in [0.05, 0.1) is 12.9 Å². The van der Waals surface area contributed by atoms with Crippen molar-refractivity contribution in [1.29, 1.82) is 0 Å². The van der Waals surface area contributed by atoms with E-state index >= 15 is 0 Å². The summed E-state index contributed by atoms with van der Waals surface area (Å²) in [5, 5.41) is 0. The van der Waals surface area contributed by atoms with Gasteiger partial charge in [0, 0.05) is 17.4 Å². The maximum absolute atomic E-state index is 13.5. The SMILES string of the molecule is Nc1cccc(F)c1Cn1cncc(Br)c1=O. The summed E-state index contributed by atoms with van der Waals surface area (Å²) in [7, 11) is 0. The van der Waals surface area contributed by atoms with Crippen molar-refractivity contribution in [3.63, 3.8) is 0 Å². The van der Waals surface area contributed by atoms with Crippen LogP contribution in [0, 0.1) is 5.82 Å². The molecule has 1 aromatic heterocycles. The van der Waals surface area contributed by atoms with Crippen molar-refractivity contribution in [3.05, 3.63) is 56.9 Å². The van der Waals surface area contributed by atoms with Crippen LogP contribution in [0.25, 0.3) is 0 Å². The fourth-order valence-corrected chi connectivity index (χ4v) is 1.80. The van der Waals surface area contributed by atoms with Gasteiger partial charge >= 0.3 is 0 Å². The quantitative estimate of drug-likeness (QED) is 0.860. The Bertz CT molecular complexity index is 592. The minimum atomic E-state index is -0.433. The van der Waals surface area contributed by atoms with Crippen LogP contribution in [-0.4, -0.2) is 9.55 Å². The Morgan fingerprint density at radius 1 is 1.47 bits per heavy atom. The summed E-state index contributed by atoms with van der Waals surface area (Å²) in [6.45, 7) is 0.0593. The standard InChI is InChI=1S/C11H9BrFN3O/c12-8-4-15-6-16(11(8)17)5-7-9(13)2-1-3-10(7)14/h1-4,6H,5,14H2. The van der Waals surface area contributed by atoms with Gasteiger partial charge in [0.15, 0.2) is 0 Å². The first-order valence-corrected chi connectivity index (χ1v) is 5.61. The first kappa shape index (κ1) is 11.8. The van der Waals surface area contributed by atoms with E-state index in [0.29, 0.717) is 10.2 Å². The average molecular weight is 298 g/mol. The minimum absolute atomic E-state index is 0.0593. The van der Waals surface area contributed by atoms with Gasteiger partial charge in [-0.05, 0) is 28.1 Å². The van der Waals surface area contributed by atoms with Gasteiger partial charge in [-0.1, -0.05) is 6.07 Å². The second-order valence-corrected chi connectivity index (χ2v) is 4.34. The van der Waals surface area contributed by atoms with Crippen molar-refractivity contribution >= 4 is 21.6 Å². The normalized spacial score (nSPS) is 10.5. The largest absolute Gasteiger partial charge is 0.398 e. The first-order chi connectivity index (χ1) is 8.09. The number of hydrogen-bond acceptors (Lipinski definition) is 3. The molecule has 4 nitrogen and oxygen atoms in total. The van der Waals surface area contributed by atoms with Crippen LogP contribution in [0.5, 0.6) is 0 Å². The second kappa shape index (κ2) is 4.67. The fraction of sp³-hybridized carbons (Fsp3) is 0.0909. The van der Waals surface area contributed by atoms with Gasteiger partial charge in [0.2, 0.25) is 0 Å². The average Bonchev–Trinajstić information content (AvgIpc) is 2.29. The van der Waals surface area contributed by atoms with Crippen LogP contribution in [0.15, 0.2) is 40.0 Å². The molecule has 0 bridgehead atoms. The van der Waals surface area contributed by atoms with Crippen LogP contribution in [-0.2, 0) is 6.54 Å². The van der Waals surface area contributed by atoms with Gasteiger partial charge in [-0.25, -0.2) is 9.37 Å². The van der Waals surface area contributed by atoms with E-state index in [2.05, 4.69) is 20.9 Å². The number of rotatable bonds is 2. The van der Waals surface area contributed by atoms with Gasteiger partial charge in [-0.15, -0.1) is 0 Å². The van der Waals surface area contributed by atoms with Crippen LogP contribution in [0.1, 0.15) is 5.56 Å². The van der Waals surface area contributed by atoms with Crippen molar-refractivity contribution in [2.45, 2.75) is 6.54 Å². The number of nitrogen functional groups attached to an aromatic ring is 1. The van der Waals surface area contributed by atoms with Crippen LogP contribution in [0.3, 0.4) is 0 Å². The molecule has 1 heterocycles. The Morgan fingerprint density at radius 3 is 2.94 bits per heavy atom. The molecule has 1 aromatic carbocycles. The van der Waals surface area contributed by atoms with E-state index in [-0.39, 0.29) is 17.7 Å². The molecule has 2 aromatic rings. The van der Waals surface area contributed by atoms with Crippen molar-refractivity contribution in [3.8, 4) is 0 Å². The number of nitrogens with two attached hydrogens (primary N) is 1. The number of hydrogen-bond donors (Lipinski definition) is 1. The molecule has 0 amide bonds. The molecule has 2 rings (SSSR count). The maximum atomic E-state index is 13.5. The van der Waals surface area contributed by atoms with Gasteiger partial charge in [0.1, 0.15) is 10.3 Å². The molecule has 0 aliphatic carbocycles. The Balaban J connectivity index is 2.45. The molecule has 0 atom stereocenters. The smallest absolute Gasteiger partial charge is 0.267 e. The van der Waals surface area contributed by atoms with Crippen molar-refractivity contribution in [2.24, 2.45) is 0 Å². The number of nitrogens with zero attached hydrogens (tertiary/aromatic N) is 2. The third kappa shape index (κ3) is 2.36. The summed E-state index contributed by atoms with van der Waals surface area (Å²) in [4.78, 5) is 15.6. The molecule has 0 aliphatic rings. The molecule has 2 N–H and O–H groups in total. The van der Waals surface area contributed by atoms with E-state index in [1.807, 2.05) is 0 Å². The highest BCUT2D eigenvalue weighted by Crippen LogP contribution is 2.16. The van der Waals surface area contributed by atoms with E-state index in [4.69, 9.17) is 5.73 Å². The number of benzene rings is 1. The van der Waals surface area contributed by atoms with Crippen molar-refractivity contribution in [1.82, 2.24) is 9.55 Å². The lowest BCUT2D eigenvalue weighted by molar-refractivity contribution is 0.595. The predicted octanol–water partition coefficient (Wildman–Crippen LogP) is 1.78. The van der Waals surface area contributed by atoms with Crippen LogP contribution >= 0.6 is 15.9 Å². The summed E-state index contributed by atoms with van der Waals surface area (Å²) in [6.07, 6.45) is 2.74. The van der Waals surface area contributed by atoms with E-state index in [9.17, 15) is 9.18 Å². The monoisotopic (exact) mass is 297 g/mol. The summed E-state index contributed by atoms with van der Waals surface area (Å²) < 4.78 is 15.2. The zero-order valence-electron chi connectivity index (χ0n) is 8.73. The Labute approximate surface area is 105 Å². The van der Waals surface area contributed by atoms with Crippen LogP contribution in [0.2, 0.25) is 0 Å². The molecule has 0 fully saturated rings. The second-order valence-electron chi connectivity index (χ2n) is 3.48. The van der Waals surface area contributed by atoms with Crippen molar-refractivity contribution < 1.29 is 4.39 Å². The molecule has 6 heteroatoms. The Hall–Kier alpha value is -1.69. The number of aromatic nitrogens is 2. The van der Waals surface area contributed by atoms with Gasteiger partial charge in [0.25, 0.3) is 5.56 Å². The molecular formula is C11H9BrFN3O. The number of anilines is 1. The molecule has 0 aliphatic heterocycles. The van der Waals surface area contributed by atoms with Crippen molar-refractivity contribution in [2.75, 3.05) is 5.73 Å². The summed E-state index contributed by atoms with van der Waals surface area (Å²) in [6, 6.07) is 4.42. The Kier molecular flexibility index (Phi) is 3.23. The van der Waals surface area contributed by atoms with E-state index in [1.165, 1.54) is 29.2 Å². The number of halogens is 2. The molecule has 0 spiro atoms. The fourth-order valence-electron chi connectivity index (χ4n) is 1.45. The molecule has 0 saturated heterocycles. The highest BCUT2D eigenvalue weighted by Gasteiger charge is 2.08. The van der Waals surface area contributed by atoms with Crippen LogP contribution < -0.4 is 11.3 Å². The first-order valence-electron chi connectivity index (χ1n) is 4.82. The topological polar surface area (TPSA) is 60.9 Å². The van der Waals surface area contributed by atoms with Crippen LogP contribution in [0.4, 0.5) is 10.1 Å². The molecule has 88 valence electrons. The molecule has 17 heavy (non-hydrogen) atoms. The minimum Gasteiger partial charge on any atom is -0.398 e. The third-order valence-electron chi connectivity index (χ3n) is 2.34. The highest BCUT2D eigenvalue weighted by atomic mass is 79.9. The lowest BCUT2D eigenvalue weighted by atomic mass is 10.1. The molecule has 0 unspecified atom stereocenters. The molecule has 0 radical (unpaired) electrons. The summed E-state index contributed by atoms with van der Waals surface area (Å²) in [5.74, 6) is -0.433. The van der Waals surface area contributed by atoms with E-state index in [1.54, 1.807) is 6.07 Å².